The Kier molecular flexibility index (Phi) is 4.41. The van der Waals surface area contributed by atoms with Gasteiger partial charge in [-0.15, -0.1) is 0 Å². The van der Waals surface area contributed by atoms with E-state index in [2.05, 4.69) is 20.7 Å². The number of hydrogen-bond donors (Lipinski definition) is 2. The van der Waals surface area contributed by atoms with Crippen LogP contribution in [-0.4, -0.2) is 44.9 Å². The minimum atomic E-state index is -2.49. The molecular weight excluding hydrogens is 320 g/mol. The van der Waals surface area contributed by atoms with E-state index in [1.165, 1.54) is 6.20 Å². The van der Waals surface area contributed by atoms with E-state index in [4.69, 9.17) is 0 Å². The first-order chi connectivity index (χ1) is 11.5. The maximum Gasteiger partial charge on any atom is 0.255 e. The zero-order valence-corrected chi connectivity index (χ0v) is 12.8. The summed E-state index contributed by atoms with van der Waals surface area (Å²) in [5, 5.41) is 9.57. The van der Waals surface area contributed by atoms with Crippen LogP contribution in [-0.2, 0) is 4.79 Å². The highest BCUT2D eigenvalue weighted by Crippen LogP contribution is 2.34. The number of carbonyl (C=O) groups excluding carboxylic acids is 2. The maximum atomic E-state index is 12.3. The fourth-order valence-electron chi connectivity index (χ4n) is 2.45. The van der Waals surface area contributed by atoms with Gasteiger partial charge in [-0.1, -0.05) is 0 Å². The average molecular weight is 337 g/mol. The fraction of sp³-hybridized carbons (Fsp3) is 0.467. The van der Waals surface area contributed by atoms with E-state index in [9.17, 15) is 18.4 Å². The van der Waals surface area contributed by atoms with E-state index in [0.717, 1.165) is 0 Å². The molecule has 0 atom stereocenters. The molecule has 2 aromatic rings. The van der Waals surface area contributed by atoms with Gasteiger partial charge in [0.05, 0.1) is 29.0 Å². The molecule has 0 aliphatic heterocycles. The highest BCUT2D eigenvalue weighted by Gasteiger charge is 2.44. The van der Waals surface area contributed by atoms with Crippen LogP contribution in [0.15, 0.2) is 24.8 Å². The number of amides is 2. The molecule has 0 bridgehead atoms. The summed E-state index contributed by atoms with van der Waals surface area (Å²) in [5.41, 5.74) is 0.458. The molecule has 2 amide bonds. The van der Waals surface area contributed by atoms with Gasteiger partial charge in [0.25, 0.3) is 5.91 Å². The smallest absolute Gasteiger partial charge is 0.255 e. The molecule has 24 heavy (non-hydrogen) atoms. The number of fused-ring (bicyclic) bond motifs is 1. The standard InChI is InChI=1S/C15H17F2N5O2/c16-12(17)1-2-13(23)21-15(3-4-15)9-19-14(24)10-7-20-22-6-5-18-8-11(10)22/h5-8,12H,1-4,9H2,(H,19,24)(H,21,23). The minimum absolute atomic E-state index is 0.215. The predicted molar refractivity (Wildman–Crippen MR) is 80.7 cm³/mol. The molecule has 1 fully saturated rings. The van der Waals surface area contributed by atoms with Crippen molar-refractivity contribution in [3.05, 3.63) is 30.4 Å². The zero-order valence-electron chi connectivity index (χ0n) is 12.8. The van der Waals surface area contributed by atoms with Crippen molar-refractivity contribution in [1.82, 2.24) is 25.2 Å². The molecular formula is C15H17F2N5O2. The quantitative estimate of drug-likeness (QED) is 0.793. The molecule has 2 N–H and O–H groups in total. The monoisotopic (exact) mass is 337 g/mol. The molecule has 128 valence electrons. The second kappa shape index (κ2) is 6.50. The lowest BCUT2D eigenvalue weighted by molar-refractivity contribution is -0.122. The topological polar surface area (TPSA) is 88.4 Å². The Balaban J connectivity index is 1.55. The van der Waals surface area contributed by atoms with Crippen molar-refractivity contribution >= 4 is 17.3 Å². The van der Waals surface area contributed by atoms with Gasteiger partial charge in [-0.05, 0) is 12.8 Å². The molecule has 1 saturated carbocycles. The summed E-state index contributed by atoms with van der Waals surface area (Å²) in [6.07, 6.45) is 4.46. The average Bonchev–Trinajstić information content (AvgIpc) is 3.18. The summed E-state index contributed by atoms with van der Waals surface area (Å²) in [7, 11) is 0. The van der Waals surface area contributed by atoms with Gasteiger partial charge >= 0.3 is 0 Å². The molecule has 9 heteroatoms. The van der Waals surface area contributed by atoms with Crippen LogP contribution in [0.5, 0.6) is 0 Å². The summed E-state index contributed by atoms with van der Waals surface area (Å²) in [5.74, 6) is -0.728. The summed E-state index contributed by atoms with van der Waals surface area (Å²) in [6, 6.07) is 0. The van der Waals surface area contributed by atoms with Crippen molar-refractivity contribution in [2.75, 3.05) is 6.54 Å². The molecule has 0 radical (unpaired) electrons. The van der Waals surface area contributed by atoms with Crippen LogP contribution >= 0.6 is 0 Å². The van der Waals surface area contributed by atoms with Gasteiger partial charge in [-0.3, -0.25) is 14.6 Å². The van der Waals surface area contributed by atoms with Crippen LogP contribution in [0.2, 0.25) is 0 Å². The predicted octanol–water partition coefficient (Wildman–Crippen LogP) is 1.15. The van der Waals surface area contributed by atoms with Crippen LogP contribution in [0.25, 0.3) is 5.52 Å². The lowest BCUT2D eigenvalue weighted by Crippen LogP contribution is -2.45. The van der Waals surface area contributed by atoms with Gasteiger partial charge in [0.2, 0.25) is 12.3 Å². The van der Waals surface area contributed by atoms with Crippen molar-refractivity contribution in [2.24, 2.45) is 0 Å². The van der Waals surface area contributed by atoms with Crippen molar-refractivity contribution in [1.29, 1.82) is 0 Å². The van der Waals surface area contributed by atoms with E-state index in [-0.39, 0.29) is 18.9 Å². The van der Waals surface area contributed by atoms with Gasteiger partial charge in [0.1, 0.15) is 0 Å². The number of aromatic nitrogens is 3. The Labute approximate surface area is 136 Å². The number of nitrogens with one attached hydrogen (secondary N) is 2. The van der Waals surface area contributed by atoms with Crippen LogP contribution in [0.1, 0.15) is 36.0 Å². The van der Waals surface area contributed by atoms with Crippen molar-refractivity contribution in [3.8, 4) is 0 Å². The molecule has 0 aromatic carbocycles. The van der Waals surface area contributed by atoms with Crippen LogP contribution in [0.3, 0.4) is 0 Å². The molecule has 0 spiro atoms. The zero-order chi connectivity index (χ0) is 17.2. The first-order valence-corrected chi connectivity index (χ1v) is 7.64. The molecule has 3 rings (SSSR count). The van der Waals surface area contributed by atoms with Crippen LogP contribution in [0.4, 0.5) is 8.78 Å². The largest absolute Gasteiger partial charge is 0.350 e. The maximum absolute atomic E-state index is 12.3. The van der Waals surface area contributed by atoms with Gasteiger partial charge in [0, 0.05) is 31.8 Å². The van der Waals surface area contributed by atoms with Crippen molar-refractivity contribution in [3.63, 3.8) is 0 Å². The lowest BCUT2D eigenvalue weighted by Gasteiger charge is -2.18. The Bertz CT molecular complexity index is 757. The molecule has 0 saturated heterocycles. The van der Waals surface area contributed by atoms with E-state index < -0.39 is 24.3 Å². The SMILES string of the molecule is O=C(CCC(F)F)NC1(CNC(=O)c2cnn3ccncc23)CC1. The normalized spacial score (nSPS) is 15.5. The molecule has 2 aromatic heterocycles. The Morgan fingerprint density at radius 3 is 2.83 bits per heavy atom. The number of carbonyl (C=O) groups is 2. The van der Waals surface area contributed by atoms with Crippen LogP contribution in [0, 0.1) is 0 Å². The van der Waals surface area contributed by atoms with E-state index in [0.29, 0.717) is 23.9 Å². The molecule has 2 heterocycles. The Morgan fingerprint density at radius 1 is 1.33 bits per heavy atom. The number of hydrogen-bond acceptors (Lipinski definition) is 4. The third-order valence-electron chi connectivity index (χ3n) is 4.00. The third-order valence-corrected chi connectivity index (χ3v) is 4.00. The molecule has 1 aliphatic carbocycles. The van der Waals surface area contributed by atoms with Crippen LogP contribution < -0.4 is 10.6 Å². The highest BCUT2D eigenvalue weighted by atomic mass is 19.3. The van der Waals surface area contributed by atoms with Gasteiger partial charge < -0.3 is 10.6 Å². The number of halogens is 2. The van der Waals surface area contributed by atoms with Gasteiger partial charge in [-0.25, -0.2) is 13.3 Å². The van der Waals surface area contributed by atoms with Gasteiger partial charge in [-0.2, -0.15) is 5.10 Å². The first kappa shape index (κ1) is 16.3. The number of nitrogens with zero attached hydrogens (tertiary/aromatic N) is 3. The summed E-state index contributed by atoms with van der Waals surface area (Å²) >= 11 is 0. The molecule has 1 aliphatic rings. The Hall–Kier alpha value is -2.58. The van der Waals surface area contributed by atoms with Gasteiger partial charge in [0.15, 0.2) is 0 Å². The third kappa shape index (κ3) is 3.66. The first-order valence-electron chi connectivity index (χ1n) is 7.64. The molecule has 0 unspecified atom stereocenters. The Morgan fingerprint density at radius 2 is 2.12 bits per heavy atom. The molecule has 7 nitrogen and oxygen atoms in total. The van der Waals surface area contributed by atoms with E-state index in [1.807, 2.05) is 0 Å². The minimum Gasteiger partial charge on any atom is -0.350 e. The number of rotatable bonds is 7. The number of alkyl halides is 2. The fourth-order valence-corrected chi connectivity index (χ4v) is 2.45. The van der Waals surface area contributed by atoms with E-state index in [1.54, 1.807) is 23.1 Å². The van der Waals surface area contributed by atoms with Crippen molar-refractivity contribution in [2.45, 2.75) is 37.6 Å². The second-order valence-corrected chi connectivity index (χ2v) is 5.91. The summed E-state index contributed by atoms with van der Waals surface area (Å²) < 4.78 is 25.8. The highest BCUT2D eigenvalue weighted by molar-refractivity contribution is 6.00. The summed E-state index contributed by atoms with van der Waals surface area (Å²) in [4.78, 5) is 27.9. The van der Waals surface area contributed by atoms with E-state index >= 15 is 0 Å². The second-order valence-electron chi connectivity index (χ2n) is 5.91. The lowest BCUT2D eigenvalue weighted by atomic mass is 10.2. The summed E-state index contributed by atoms with van der Waals surface area (Å²) in [6.45, 7) is 0.254. The van der Waals surface area contributed by atoms with Crippen molar-refractivity contribution < 1.29 is 18.4 Å².